The third kappa shape index (κ3) is 2.16. The lowest BCUT2D eigenvalue weighted by Gasteiger charge is -2.05. The van der Waals surface area contributed by atoms with Crippen LogP contribution in [0.1, 0.15) is 25.6 Å². The molecule has 0 saturated carbocycles. The molecule has 0 unspecified atom stereocenters. The van der Waals surface area contributed by atoms with Crippen LogP contribution >= 0.6 is 0 Å². The average molecular weight is 246 g/mol. The molecule has 0 atom stereocenters. The molecule has 1 aromatic heterocycles. The van der Waals surface area contributed by atoms with E-state index >= 15 is 0 Å². The van der Waals surface area contributed by atoms with Gasteiger partial charge in [0.1, 0.15) is 11.6 Å². The molecule has 1 aromatic carbocycles. The number of anilines is 1. The van der Waals surface area contributed by atoms with E-state index in [4.69, 9.17) is 10.5 Å². The summed E-state index contributed by atoms with van der Waals surface area (Å²) in [5.41, 5.74) is 7.31. The molecule has 0 fully saturated rings. The first-order valence-electron chi connectivity index (χ1n) is 5.87. The zero-order valence-corrected chi connectivity index (χ0v) is 11.1. The quantitative estimate of drug-likeness (QED) is 0.843. The van der Waals surface area contributed by atoms with E-state index in [-0.39, 0.29) is 0 Å². The lowest BCUT2D eigenvalue weighted by molar-refractivity contribution is 0.417. The van der Waals surface area contributed by atoms with Gasteiger partial charge in [-0.2, -0.15) is 5.10 Å². The van der Waals surface area contributed by atoms with Crippen LogP contribution in [0.15, 0.2) is 18.2 Å². The second-order valence-electron chi connectivity index (χ2n) is 4.53. The van der Waals surface area contributed by atoms with Crippen LogP contribution in [0.4, 0.5) is 5.69 Å². The van der Waals surface area contributed by atoms with E-state index in [1.54, 1.807) is 13.2 Å². The predicted octanol–water partition coefficient (Wildman–Crippen LogP) is 2.20. The highest BCUT2D eigenvalue weighted by atomic mass is 16.5. The van der Waals surface area contributed by atoms with Crippen molar-refractivity contribution in [3.05, 3.63) is 24.0 Å². The van der Waals surface area contributed by atoms with Crippen molar-refractivity contribution in [3.63, 3.8) is 0 Å². The molecule has 1 heterocycles. The number of methoxy groups -OCH3 is 1. The summed E-state index contributed by atoms with van der Waals surface area (Å²) in [6.07, 6.45) is 0. The van der Waals surface area contributed by atoms with Crippen LogP contribution in [0.2, 0.25) is 0 Å². The van der Waals surface area contributed by atoms with Crippen molar-refractivity contribution in [2.75, 3.05) is 12.8 Å². The molecule has 2 N–H and O–H groups in total. The molecule has 18 heavy (non-hydrogen) atoms. The highest BCUT2D eigenvalue weighted by molar-refractivity contribution is 5.65. The van der Waals surface area contributed by atoms with Crippen LogP contribution in [0.5, 0.6) is 5.75 Å². The van der Waals surface area contributed by atoms with Crippen molar-refractivity contribution in [3.8, 4) is 17.1 Å². The standard InChI is InChI=1S/C13H18N4O/c1-8(2)13-15-12(16-17(13)3)9-5-6-10(14)11(7-9)18-4/h5-8H,14H2,1-4H3. The van der Waals surface area contributed by atoms with Gasteiger partial charge in [-0.25, -0.2) is 4.98 Å². The molecule has 0 aliphatic heterocycles. The number of nitrogens with two attached hydrogens (primary N) is 1. The Labute approximate surface area is 107 Å². The summed E-state index contributed by atoms with van der Waals surface area (Å²) < 4.78 is 7.01. The molecular weight excluding hydrogens is 228 g/mol. The second kappa shape index (κ2) is 4.68. The Kier molecular flexibility index (Phi) is 3.23. The zero-order valence-electron chi connectivity index (χ0n) is 11.1. The number of rotatable bonds is 3. The lowest BCUT2D eigenvalue weighted by Crippen LogP contribution is -2.00. The molecule has 96 valence electrons. The van der Waals surface area contributed by atoms with Gasteiger partial charge in [0.25, 0.3) is 0 Å². The van der Waals surface area contributed by atoms with Gasteiger partial charge in [0.05, 0.1) is 12.8 Å². The summed E-state index contributed by atoms with van der Waals surface area (Å²) in [6.45, 7) is 4.19. The third-order valence-electron chi connectivity index (χ3n) is 2.80. The Bertz CT molecular complexity index is 560. The summed E-state index contributed by atoms with van der Waals surface area (Å²) in [5, 5.41) is 4.42. The van der Waals surface area contributed by atoms with E-state index in [9.17, 15) is 0 Å². The van der Waals surface area contributed by atoms with Crippen molar-refractivity contribution < 1.29 is 4.74 Å². The topological polar surface area (TPSA) is 66.0 Å². The van der Waals surface area contributed by atoms with Gasteiger partial charge in [0.15, 0.2) is 5.82 Å². The smallest absolute Gasteiger partial charge is 0.181 e. The fraction of sp³-hybridized carbons (Fsp3) is 0.385. The van der Waals surface area contributed by atoms with Gasteiger partial charge in [-0.3, -0.25) is 4.68 Å². The van der Waals surface area contributed by atoms with Crippen LogP contribution in [0.3, 0.4) is 0 Å². The van der Waals surface area contributed by atoms with E-state index < -0.39 is 0 Å². The molecule has 0 aliphatic carbocycles. The first kappa shape index (κ1) is 12.4. The fourth-order valence-electron chi connectivity index (χ4n) is 1.87. The van der Waals surface area contributed by atoms with Gasteiger partial charge >= 0.3 is 0 Å². The van der Waals surface area contributed by atoms with Crippen LogP contribution in [-0.4, -0.2) is 21.9 Å². The van der Waals surface area contributed by atoms with Crippen molar-refractivity contribution in [1.82, 2.24) is 14.8 Å². The minimum absolute atomic E-state index is 0.340. The number of benzene rings is 1. The summed E-state index contributed by atoms with van der Waals surface area (Å²) in [5.74, 6) is 2.64. The van der Waals surface area contributed by atoms with Crippen molar-refractivity contribution in [2.24, 2.45) is 7.05 Å². The average Bonchev–Trinajstić information content (AvgIpc) is 2.72. The van der Waals surface area contributed by atoms with Crippen LogP contribution in [0.25, 0.3) is 11.4 Å². The molecule has 0 bridgehead atoms. The minimum atomic E-state index is 0.340. The maximum absolute atomic E-state index is 5.79. The van der Waals surface area contributed by atoms with Crippen LogP contribution < -0.4 is 10.5 Å². The van der Waals surface area contributed by atoms with Gasteiger partial charge < -0.3 is 10.5 Å². The minimum Gasteiger partial charge on any atom is -0.495 e. The molecule has 0 spiro atoms. The van der Waals surface area contributed by atoms with Crippen molar-refractivity contribution in [1.29, 1.82) is 0 Å². The van der Waals surface area contributed by atoms with Crippen molar-refractivity contribution in [2.45, 2.75) is 19.8 Å². The van der Waals surface area contributed by atoms with Crippen molar-refractivity contribution >= 4 is 5.69 Å². The van der Waals surface area contributed by atoms with Gasteiger partial charge in [-0.15, -0.1) is 0 Å². The summed E-state index contributed by atoms with van der Waals surface area (Å²) >= 11 is 0. The molecule has 5 heteroatoms. The third-order valence-corrected chi connectivity index (χ3v) is 2.80. The summed E-state index contributed by atoms with van der Waals surface area (Å²) in [7, 11) is 3.50. The van der Waals surface area contributed by atoms with Gasteiger partial charge in [-0.05, 0) is 18.2 Å². The van der Waals surface area contributed by atoms with Crippen LogP contribution in [-0.2, 0) is 7.05 Å². The SMILES string of the molecule is COc1cc(-c2nc(C(C)C)n(C)n2)ccc1N. The number of hydrogen-bond acceptors (Lipinski definition) is 4. The Balaban J connectivity index is 2.45. The van der Waals surface area contributed by atoms with E-state index in [1.165, 1.54) is 0 Å². The van der Waals surface area contributed by atoms with Crippen LogP contribution in [0, 0.1) is 0 Å². The zero-order chi connectivity index (χ0) is 13.3. The molecule has 0 saturated heterocycles. The Morgan fingerprint density at radius 1 is 1.33 bits per heavy atom. The fourth-order valence-corrected chi connectivity index (χ4v) is 1.87. The predicted molar refractivity (Wildman–Crippen MR) is 71.5 cm³/mol. The first-order valence-corrected chi connectivity index (χ1v) is 5.87. The van der Waals surface area contributed by atoms with Gasteiger partial charge in [0, 0.05) is 18.5 Å². The number of nitrogen functional groups attached to an aromatic ring is 1. The molecule has 2 aromatic rings. The molecule has 0 aliphatic rings. The maximum Gasteiger partial charge on any atom is 0.181 e. The van der Waals surface area contributed by atoms with E-state index in [0.29, 0.717) is 23.2 Å². The maximum atomic E-state index is 5.79. The van der Waals surface area contributed by atoms with E-state index in [1.807, 2.05) is 23.9 Å². The first-order chi connectivity index (χ1) is 8.52. The highest BCUT2D eigenvalue weighted by Gasteiger charge is 2.13. The molecular formula is C13H18N4O. The number of aryl methyl sites for hydroxylation is 1. The highest BCUT2D eigenvalue weighted by Crippen LogP contribution is 2.27. The Morgan fingerprint density at radius 2 is 2.06 bits per heavy atom. The number of ether oxygens (including phenoxy) is 1. The van der Waals surface area contributed by atoms with E-state index in [2.05, 4.69) is 23.9 Å². The Hall–Kier alpha value is -2.04. The summed E-state index contributed by atoms with van der Waals surface area (Å²) in [4.78, 5) is 4.54. The molecule has 0 radical (unpaired) electrons. The van der Waals surface area contributed by atoms with E-state index in [0.717, 1.165) is 11.4 Å². The monoisotopic (exact) mass is 246 g/mol. The number of aromatic nitrogens is 3. The Morgan fingerprint density at radius 3 is 2.61 bits per heavy atom. The number of hydrogen-bond donors (Lipinski definition) is 1. The van der Waals surface area contributed by atoms with Gasteiger partial charge in [0.2, 0.25) is 0 Å². The number of nitrogens with zero attached hydrogens (tertiary/aromatic N) is 3. The molecule has 2 rings (SSSR count). The normalized spacial score (nSPS) is 10.9. The lowest BCUT2D eigenvalue weighted by atomic mass is 10.1. The second-order valence-corrected chi connectivity index (χ2v) is 4.53. The molecule has 0 amide bonds. The largest absolute Gasteiger partial charge is 0.495 e. The van der Waals surface area contributed by atoms with Gasteiger partial charge in [-0.1, -0.05) is 13.8 Å². The summed E-state index contributed by atoms with van der Waals surface area (Å²) in [6, 6.07) is 5.56. The molecule has 5 nitrogen and oxygen atoms in total.